The smallest absolute Gasteiger partial charge is 0.267 e. The van der Waals surface area contributed by atoms with Crippen LogP contribution in [-0.2, 0) is 19.1 Å². The largest absolute Gasteiger partial charge is 0.385 e. The number of carbonyl (C=O) groups is 3. The summed E-state index contributed by atoms with van der Waals surface area (Å²) in [5, 5.41) is 2.79. The first-order chi connectivity index (χ1) is 15.5. The highest BCUT2D eigenvalue weighted by Crippen LogP contribution is 2.44. The lowest BCUT2D eigenvalue weighted by Gasteiger charge is -2.16. The Morgan fingerprint density at radius 2 is 1.75 bits per heavy atom. The fourth-order valence-electron chi connectivity index (χ4n) is 3.63. The molecule has 7 nitrogen and oxygen atoms in total. The molecular formula is C23H21N3O4S2. The Balaban J connectivity index is 1.61. The van der Waals surface area contributed by atoms with Crippen LogP contribution in [0.1, 0.15) is 12.0 Å². The van der Waals surface area contributed by atoms with Crippen molar-refractivity contribution >= 4 is 63.0 Å². The van der Waals surface area contributed by atoms with Gasteiger partial charge < -0.3 is 10.1 Å². The Hall–Kier alpha value is -3.01. The number of rotatable bonds is 7. The average molecular weight is 468 g/mol. The van der Waals surface area contributed by atoms with Gasteiger partial charge in [-0.1, -0.05) is 60.4 Å². The molecular weight excluding hydrogens is 446 g/mol. The second kappa shape index (κ2) is 9.64. The summed E-state index contributed by atoms with van der Waals surface area (Å²) in [6.07, 6.45) is 0.641. The molecule has 9 heteroatoms. The molecule has 0 bridgehead atoms. The van der Waals surface area contributed by atoms with Crippen molar-refractivity contribution in [3.8, 4) is 0 Å². The number of ether oxygens (including phenoxy) is 1. The van der Waals surface area contributed by atoms with Gasteiger partial charge in [-0.3, -0.25) is 24.2 Å². The van der Waals surface area contributed by atoms with Crippen LogP contribution in [0.4, 0.5) is 11.4 Å². The number of amides is 3. The maximum absolute atomic E-state index is 13.4. The number of anilines is 2. The first-order valence-corrected chi connectivity index (χ1v) is 11.3. The number of thiocarbonyl (C=S) groups is 1. The molecule has 1 saturated heterocycles. The molecule has 1 N–H and O–H groups in total. The van der Waals surface area contributed by atoms with Gasteiger partial charge in [-0.15, -0.1) is 0 Å². The maximum Gasteiger partial charge on any atom is 0.267 e. The number of para-hydroxylation sites is 2. The van der Waals surface area contributed by atoms with Gasteiger partial charge in [0.2, 0.25) is 5.91 Å². The maximum atomic E-state index is 13.4. The molecule has 0 unspecified atom stereocenters. The summed E-state index contributed by atoms with van der Waals surface area (Å²) in [4.78, 5) is 42.3. The molecule has 2 aliphatic rings. The number of nitrogens with one attached hydrogen (secondary N) is 1. The van der Waals surface area contributed by atoms with Crippen LogP contribution in [0, 0.1) is 0 Å². The third-order valence-corrected chi connectivity index (χ3v) is 6.54. The molecule has 2 aromatic rings. The number of fused-ring (bicyclic) bond motifs is 1. The highest BCUT2D eigenvalue weighted by molar-refractivity contribution is 8.26. The van der Waals surface area contributed by atoms with Gasteiger partial charge in [0.25, 0.3) is 11.8 Å². The molecule has 2 heterocycles. The lowest BCUT2D eigenvalue weighted by Crippen LogP contribution is -2.35. The SMILES string of the molecule is COCCCN1C(=O)/C(=C2/C(=O)N(CC(=O)Nc3ccccc3)c3ccccc32)SC1=S. The molecule has 164 valence electrons. The van der Waals surface area contributed by atoms with Crippen molar-refractivity contribution in [3.05, 3.63) is 65.1 Å². The molecule has 0 radical (unpaired) electrons. The molecule has 3 amide bonds. The van der Waals surface area contributed by atoms with Crippen LogP contribution >= 0.6 is 24.0 Å². The number of benzene rings is 2. The van der Waals surface area contributed by atoms with Crippen molar-refractivity contribution in [1.29, 1.82) is 0 Å². The number of hydrogen-bond donors (Lipinski definition) is 1. The number of thioether (sulfide) groups is 1. The Kier molecular flexibility index (Phi) is 6.69. The van der Waals surface area contributed by atoms with E-state index in [-0.39, 0.29) is 24.3 Å². The molecule has 4 rings (SSSR count). The molecule has 2 aliphatic heterocycles. The first kappa shape index (κ1) is 22.2. The van der Waals surface area contributed by atoms with Crippen LogP contribution in [-0.4, -0.2) is 53.7 Å². The van der Waals surface area contributed by atoms with E-state index >= 15 is 0 Å². The van der Waals surface area contributed by atoms with Crippen LogP contribution in [0.5, 0.6) is 0 Å². The van der Waals surface area contributed by atoms with Gasteiger partial charge in [0.1, 0.15) is 10.9 Å². The van der Waals surface area contributed by atoms with Crippen molar-refractivity contribution in [2.45, 2.75) is 6.42 Å². The summed E-state index contributed by atoms with van der Waals surface area (Å²) < 4.78 is 5.47. The summed E-state index contributed by atoms with van der Waals surface area (Å²) in [7, 11) is 1.60. The van der Waals surface area contributed by atoms with Crippen molar-refractivity contribution in [2.75, 3.05) is 37.0 Å². The quantitative estimate of drug-likeness (QED) is 0.383. The molecule has 32 heavy (non-hydrogen) atoms. The minimum absolute atomic E-state index is 0.164. The van der Waals surface area contributed by atoms with E-state index in [0.717, 1.165) is 11.8 Å². The van der Waals surface area contributed by atoms with Crippen LogP contribution in [0.3, 0.4) is 0 Å². The van der Waals surface area contributed by atoms with E-state index in [0.29, 0.717) is 51.3 Å². The van der Waals surface area contributed by atoms with E-state index in [1.165, 1.54) is 9.80 Å². The standard InChI is InChI=1S/C23H21N3O4S2/c1-30-13-7-12-25-22(29)20(32-23(25)31)19-16-10-5-6-11-17(16)26(21(19)28)14-18(27)24-15-8-3-2-4-9-15/h2-6,8-11H,7,12-14H2,1H3,(H,24,27)/b20-19-. The van der Waals surface area contributed by atoms with Crippen LogP contribution < -0.4 is 10.2 Å². The van der Waals surface area contributed by atoms with Crippen molar-refractivity contribution in [3.63, 3.8) is 0 Å². The predicted molar refractivity (Wildman–Crippen MR) is 129 cm³/mol. The Bertz CT molecular complexity index is 1120. The van der Waals surface area contributed by atoms with E-state index in [1.807, 2.05) is 18.2 Å². The van der Waals surface area contributed by atoms with Crippen LogP contribution in [0.25, 0.3) is 5.57 Å². The Morgan fingerprint density at radius 1 is 1.03 bits per heavy atom. The number of carbonyl (C=O) groups excluding carboxylic acids is 3. The lowest BCUT2D eigenvalue weighted by atomic mass is 10.1. The number of nitrogens with zero attached hydrogens (tertiary/aromatic N) is 2. The van der Waals surface area contributed by atoms with Crippen LogP contribution in [0.2, 0.25) is 0 Å². The van der Waals surface area contributed by atoms with Crippen molar-refractivity contribution < 1.29 is 19.1 Å². The average Bonchev–Trinajstić information content (AvgIpc) is 3.22. The third-order valence-electron chi connectivity index (χ3n) is 5.09. The van der Waals surface area contributed by atoms with Gasteiger partial charge in [-0.05, 0) is 24.6 Å². The summed E-state index contributed by atoms with van der Waals surface area (Å²) in [5.41, 5.74) is 2.16. The van der Waals surface area contributed by atoms with Gasteiger partial charge in [-0.2, -0.15) is 0 Å². The zero-order valence-electron chi connectivity index (χ0n) is 17.4. The van der Waals surface area contributed by atoms with E-state index in [1.54, 1.807) is 43.5 Å². The molecule has 2 aromatic carbocycles. The molecule has 0 spiro atoms. The van der Waals surface area contributed by atoms with E-state index in [4.69, 9.17) is 17.0 Å². The van der Waals surface area contributed by atoms with E-state index in [9.17, 15) is 14.4 Å². The third kappa shape index (κ3) is 4.32. The van der Waals surface area contributed by atoms with E-state index < -0.39 is 0 Å². The van der Waals surface area contributed by atoms with Gasteiger partial charge in [0.15, 0.2) is 0 Å². The summed E-state index contributed by atoms with van der Waals surface area (Å²) in [6.45, 7) is 0.770. The highest BCUT2D eigenvalue weighted by Gasteiger charge is 2.42. The zero-order valence-corrected chi connectivity index (χ0v) is 19.0. The molecule has 0 aromatic heterocycles. The van der Waals surface area contributed by atoms with Gasteiger partial charge in [-0.25, -0.2) is 0 Å². The van der Waals surface area contributed by atoms with Crippen molar-refractivity contribution in [1.82, 2.24) is 4.90 Å². The Labute approximate surface area is 195 Å². The number of methoxy groups -OCH3 is 1. The minimum atomic E-state index is -0.383. The summed E-state index contributed by atoms with van der Waals surface area (Å²) in [5.74, 6) is -0.996. The summed E-state index contributed by atoms with van der Waals surface area (Å²) in [6, 6.07) is 16.2. The Morgan fingerprint density at radius 3 is 2.50 bits per heavy atom. The van der Waals surface area contributed by atoms with Gasteiger partial charge in [0, 0.05) is 31.5 Å². The predicted octanol–water partition coefficient (Wildman–Crippen LogP) is 3.28. The van der Waals surface area contributed by atoms with Gasteiger partial charge in [0.05, 0.1) is 16.2 Å². The van der Waals surface area contributed by atoms with Gasteiger partial charge >= 0.3 is 0 Å². The molecule has 0 aliphatic carbocycles. The molecule has 1 fully saturated rings. The zero-order chi connectivity index (χ0) is 22.7. The normalized spacial score (nSPS) is 17.8. The summed E-state index contributed by atoms with van der Waals surface area (Å²) >= 11 is 6.52. The molecule has 0 saturated carbocycles. The minimum Gasteiger partial charge on any atom is -0.385 e. The first-order valence-electron chi connectivity index (χ1n) is 10.0. The second-order valence-corrected chi connectivity index (χ2v) is 8.84. The van der Waals surface area contributed by atoms with E-state index in [2.05, 4.69) is 5.32 Å². The number of hydrogen-bond acceptors (Lipinski definition) is 6. The second-order valence-electron chi connectivity index (χ2n) is 7.20. The monoisotopic (exact) mass is 467 g/mol. The lowest BCUT2D eigenvalue weighted by molar-refractivity contribution is -0.122. The topological polar surface area (TPSA) is 79.0 Å². The molecule has 0 atom stereocenters. The van der Waals surface area contributed by atoms with Crippen LogP contribution in [0.15, 0.2) is 59.5 Å². The fourth-order valence-corrected chi connectivity index (χ4v) is 5.01. The van der Waals surface area contributed by atoms with Crippen molar-refractivity contribution in [2.24, 2.45) is 0 Å². The highest BCUT2D eigenvalue weighted by atomic mass is 32.2. The fraction of sp³-hybridized carbons (Fsp3) is 0.217.